The monoisotopic (exact) mass is 492 g/mol. The van der Waals surface area contributed by atoms with Gasteiger partial charge in [-0.2, -0.15) is 0 Å². The Hall–Kier alpha value is -4.18. The van der Waals surface area contributed by atoms with Crippen LogP contribution in [0.2, 0.25) is 0 Å². The molecule has 0 aliphatic heterocycles. The van der Waals surface area contributed by atoms with Gasteiger partial charge in [0.05, 0.1) is 12.6 Å². The van der Waals surface area contributed by atoms with Crippen molar-refractivity contribution in [2.45, 2.75) is 26.6 Å². The number of carbonyl (C=O) groups excluding carboxylic acids is 2. The molecule has 2 aromatic heterocycles. The number of carbonyl (C=O) groups is 2. The average Bonchev–Trinajstić information content (AvgIpc) is 3.35. The molecule has 0 saturated heterocycles. The summed E-state index contributed by atoms with van der Waals surface area (Å²) in [4.78, 5) is 51.3. The predicted molar refractivity (Wildman–Crippen MR) is 135 cm³/mol. The smallest absolute Gasteiger partial charge is 0.332 e. The normalized spacial score (nSPS) is 10.8. The summed E-state index contributed by atoms with van der Waals surface area (Å²) in [5.74, 6) is -0.277. The Morgan fingerprint density at radius 2 is 1.60 bits per heavy atom. The highest BCUT2D eigenvalue weighted by atomic mass is 32.1. The molecular formula is C25H24N4O5S. The highest BCUT2D eigenvalue weighted by molar-refractivity contribution is 7.17. The fraction of sp³-hybridized carbons (Fsp3) is 0.200. The first-order valence-electron chi connectivity index (χ1n) is 10.8. The lowest BCUT2D eigenvalue weighted by Gasteiger charge is -2.13. The standard InChI is InChI=1S/C25H24N4O5S/c1-16-3-5-17(6-4-16)13-26-21(30)14-29-24(32)23-20(11-12-35-23)28(25(29)33)15-22(31)27-18-7-9-19(34-2)10-8-18/h3-12H,13-15H2,1-2H3,(H,26,30)(H,27,31). The lowest BCUT2D eigenvalue weighted by molar-refractivity contribution is -0.122. The van der Waals surface area contributed by atoms with E-state index < -0.39 is 29.6 Å². The number of hydrogen-bond acceptors (Lipinski definition) is 6. The molecule has 2 amide bonds. The molecule has 2 N–H and O–H groups in total. The van der Waals surface area contributed by atoms with Crippen molar-refractivity contribution in [2.24, 2.45) is 0 Å². The Kier molecular flexibility index (Phi) is 7.11. The average molecular weight is 493 g/mol. The van der Waals surface area contributed by atoms with Gasteiger partial charge in [0.15, 0.2) is 0 Å². The number of ether oxygens (including phenoxy) is 1. The lowest BCUT2D eigenvalue weighted by atomic mass is 10.1. The first-order valence-corrected chi connectivity index (χ1v) is 11.7. The Morgan fingerprint density at radius 1 is 0.914 bits per heavy atom. The van der Waals surface area contributed by atoms with Crippen LogP contribution >= 0.6 is 11.3 Å². The second kappa shape index (κ2) is 10.4. The molecule has 0 fully saturated rings. The third-order valence-electron chi connectivity index (χ3n) is 5.42. The summed E-state index contributed by atoms with van der Waals surface area (Å²) < 4.78 is 7.48. The van der Waals surface area contributed by atoms with Crippen molar-refractivity contribution >= 4 is 39.1 Å². The summed E-state index contributed by atoms with van der Waals surface area (Å²) in [6.45, 7) is 1.48. The van der Waals surface area contributed by atoms with Gasteiger partial charge in [0.25, 0.3) is 5.56 Å². The number of amides is 2. The van der Waals surface area contributed by atoms with Gasteiger partial charge in [-0.3, -0.25) is 19.0 Å². The summed E-state index contributed by atoms with van der Waals surface area (Å²) in [5.41, 5.74) is 1.61. The molecule has 9 nitrogen and oxygen atoms in total. The molecule has 0 atom stereocenters. The Morgan fingerprint density at radius 3 is 2.29 bits per heavy atom. The van der Waals surface area contributed by atoms with Gasteiger partial charge >= 0.3 is 5.69 Å². The number of benzene rings is 2. The molecule has 4 aromatic rings. The van der Waals surface area contributed by atoms with E-state index in [1.165, 1.54) is 4.57 Å². The molecule has 0 bridgehead atoms. The molecule has 2 aromatic carbocycles. The van der Waals surface area contributed by atoms with E-state index in [9.17, 15) is 19.2 Å². The molecule has 0 aliphatic rings. The van der Waals surface area contributed by atoms with E-state index in [0.29, 0.717) is 21.7 Å². The minimum absolute atomic E-state index is 0.271. The molecule has 0 unspecified atom stereocenters. The number of thiophene rings is 1. The summed E-state index contributed by atoms with van der Waals surface area (Å²) in [6, 6.07) is 16.0. The summed E-state index contributed by atoms with van der Waals surface area (Å²) in [6.07, 6.45) is 0. The van der Waals surface area contributed by atoms with Gasteiger partial charge in [0.1, 0.15) is 23.5 Å². The van der Waals surface area contributed by atoms with Crippen LogP contribution in [0.1, 0.15) is 11.1 Å². The zero-order valence-electron chi connectivity index (χ0n) is 19.2. The molecule has 10 heteroatoms. The number of anilines is 1. The van der Waals surface area contributed by atoms with Crippen LogP contribution in [0.15, 0.2) is 69.6 Å². The number of nitrogens with zero attached hydrogens (tertiary/aromatic N) is 2. The van der Waals surface area contributed by atoms with Crippen molar-refractivity contribution in [2.75, 3.05) is 12.4 Å². The van der Waals surface area contributed by atoms with E-state index >= 15 is 0 Å². The number of rotatable bonds is 8. The van der Waals surface area contributed by atoms with E-state index in [-0.39, 0.29) is 13.1 Å². The van der Waals surface area contributed by atoms with E-state index in [4.69, 9.17) is 4.74 Å². The third-order valence-corrected chi connectivity index (χ3v) is 6.32. The number of methoxy groups -OCH3 is 1. The molecule has 0 spiro atoms. The van der Waals surface area contributed by atoms with Crippen LogP contribution in [-0.2, 0) is 29.2 Å². The van der Waals surface area contributed by atoms with Crippen LogP contribution in [0.3, 0.4) is 0 Å². The topological polar surface area (TPSA) is 111 Å². The quantitative estimate of drug-likeness (QED) is 0.393. The number of aryl methyl sites for hydroxylation is 1. The van der Waals surface area contributed by atoms with E-state index in [2.05, 4.69) is 10.6 Å². The maximum Gasteiger partial charge on any atom is 0.332 e. The van der Waals surface area contributed by atoms with Crippen LogP contribution < -0.4 is 26.6 Å². The second-order valence-electron chi connectivity index (χ2n) is 7.93. The molecule has 180 valence electrons. The number of nitrogens with one attached hydrogen (secondary N) is 2. The Labute approximate surface area is 204 Å². The largest absolute Gasteiger partial charge is 0.497 e. The number of aromatic nitrogens is 2. The van der Waals surface area contributed by atoms with Gasteiger partial charge in [-0.1, -0.05) is 29.8 Å². The van der Waals surface area contributed by atoms with Gasteiger partial charge < -0.3 is 15.4 Å². The van der Waals surface area contributed by atoms with E-state index in [0.717, 1.165) is 27.0 Å². The summed E-state index contributed by atoms with van der Waals surface area (Å²) in [5, 5.41) is 7.13. The van der Waals surface area contributed by atoms with E-state index in [1.54, 1.807) is 42.8 Å². The molecular weight excluding hydrogens is 468 g/mol. The van der Waals surface area contributed by atoms with E-state index in [1.807, 2.05) is 31.2 Å². The maximum absolute atomic E-state index is 13.2. The van der Waals surface area contributed by atoms with Crippen LogP contribution in [-0.4, -0.2) is 28.1 Å². The lowest BCUT2D eigenvalue weighted by Crippen LogP contribution is -2.44. The van der Waals surface area contributed by atoms with Crippen molar-refractivity contribution in [3.05, 3.63) is 91.9 Å². The predicted octanol–water partition coefficient (Wildman–Crippen LogP) is 2.50. The Balaban J connectivity index is 1.54. The molecule has 2 heterocycles. The molecule has 0 saturated carbocycles. The molecule has 35 heavy (non-hydrogen) atoms. The van der Waals surface area contributed by atoms with Crippen molar-refractivity contribution in [3.63, 3.8) is 0 Å². The first-order chi connectivity index (χ1) is 16.9. The minimum Gasteiger partial charge on any atom is -0.497 e. The number of fused-ring (bicyclic) bond motifs is 1. The highest BCUT2D eigenvalue weighted by Gasteiger charge is 2.18. The highest BCUT2D eigenvalue weighted by Crippen LogP contribution is 2.17. The van der Waals surface area contributed by atoms with Crippen molar-refractivity contribution < 1.29 is 14.3 Å². The van der Waals surface area contributed by atoms with Crippen LogP contribution in [0.25, 0.3) is 10.2 Å². The van der Waals surface area contributed by atoms with Gasteiger partial charge in [0, 0.05) is 12.2 Å². The molecule has 4 rings (SSSR count). The van der Waals surface area contributed by atoms with Gasteiger partial charge in [-0.15, -0.1) is 11.3 Å². The van der Waals surface area contributed by atoms with Crippen molar-refractivity contribution in [1.82, 2.24) is 14.5 Å². The van der Waals surface area contributed by atoms with Gasteiger partial charge in [0.2, 0.25) is 11.8 Å². The second-order valence-corrected chi connectivity index (χ2v) is 8.85. The minimum atomic E-state index is -0.726. The van der Waals surface area contributed by atoms with Crippen LogP contribution in [0, 0.1) is 6.92 Å². The van der Waals surface area contributed by atoms with Gasteiger partial charge in [-0.05, 0) is 48.2 Å². The third kappa shape index (κ3) is 5.49. The summed E-state index contributed by atoms with van der Waals surface area (Å²) >= 11 is 1.15. The summed E-state index contributed by atoms with van der Waals surface area (Å²) in [7, 11) is 1.55. The fourth-order valence-electron chi connectivity index (χ4n) is 3.55. The zero-order chi connectivity index (χ0) is 24.9. The Bertz CT molecular complexity index is 1480. The van der Waals surface area contributed by atoms with Crippen molar-refractivity contribution in [3.8, 4) is 5.75 Å². The van der Waals surface area contributed by atoms with Gasteiger partial charge in [-0.25, -0.2) is 9.36 Å². The maximum atomic E-state index is 13.2. The SMILES string of the molecule is COc1ccc(NC(=O)Cn2c(=O)n(CC(=O)NCc3ccc(C)cc3)c(=O)c3sccc32)cc1. The number of hydrogen-bond donors (Lipinski definition) is 2. The van der Waals surface area contributed by atoms with Crippen LogP contribution in [0.4, 0.5) is 5.69 Å². The molecule has 0 radical (unpaired) electrons. The van der Waals surface area contributed by atoms with Crippen molar-refractivity contribution in [1.29, 1.82) is 0 Å². The van der Waals surface area contributed by atoms with Crippen LogP contribution in [0.5, 0.6) is 5.75 Å². The molecule has 0 aliphatic carbocycles. The zero-order valence-corrected chi connectivity index (χ0v) is 20.1. The fourth-order valence-corrected chi connectivity index (χ4v) is 4.39. The first kappa shape index (κ1) is 24.0.